The minimum atomic E-state index is -4.35. The van der Waals surface area contributed by atoms with Gasteiger partial charge >= 0.3 is 6.18 Å². The van der Waals surface area contributed by atoms with Gasteiger partial charge in [0.1, 0.15) is 17.3 Å². The highest BCUT2D eigenvalue weighted by Gasteiger charge is 2.28. The number of ether oxygens (including phenoxy) is 4. The smallest absolute Gasteiger partial charge is 0.390 e. The maximum Gasteiger partial charge on any atom is 0.390 e. The molecular weight excluding hydrogens is 543 g/mol. The van der Waals surface area contributed by atoms with Crippen LogP contribution in [0.1, 0.15) is 36.2 Å². The summed E-state index contributed by atoms with van der Waals surface area (Å²) in [6.07, 6.45) is 2.07. The van der Waals surface area contributed by atoms with E-state index in [0.717, 1.165) is 23.9 Å². The number of hydrogen-bond acceptors (Lipinski definition) is 8. The van der Waals surface area contributed by atoms with E-state index < -0.39 is 25.0 Å². The molecule has 1 fully saturated rings. The molecular formula is C28H28F3N5O5. The van der Waals surface area contributed by atoms with E-state index >= 15 is 0 Å². The fourth-order valence-electron chi connectivity index (χ4n) is 4.24. The molecule has 3 aromatic heterocycles. The van der Waals surface area contributed by atoms with Crippen molar-refractivity contribution in [2.24, 2.45) is 5.92 Å². The first-order chi connectivity index (χ1) is 19.7. The number of aryl methyl sites for hydroxylation is 1. The van der Waals surface area contributed by atoms with E-state index in [4.69, 9.17) is 18.9 Å². The molecule has 41 heavy (non-hydrogen) atoms. The SMILES string of the molecule is COc1cc2nccc(Oc3ccc(NC(=O)c4nn(CCC(F)(F)F)cc4OCC4CCC4)nc3)c2cc1OC. The maximum absolute atomic E-state index is 13.0. The van der Waals surface area contributed by atoms with E-state index in [0.29, 0.717) is 46.4 Å². The summed E-state index contributed by atoms with van der Waals surface area (Å²) in [5.41, 5.74) is 0.531. The van der Waals surface area contributed by atoms with Crippen molar-refractivity contribution >= 4 is 22.6 Å². The molecule has 216 valence electrons. The number of amides is 1. The highest BCUT2D eigenvalue weighted by molar-refractivity contribution is 6.04. The molecule has 1 saturated carbocycles. The van der Waals surface area contributed by atoms with Crippen molar-refractivity contribution in [1.82, 2.24) is 19.7 Å². The number of hydrogen-bond donors (Lipinski definition) is 1. The number of halogens is 3. The quantitative estimate of drug-likeness (QED) is 0.233. The topological polar surface area (TPSA) is 110 Å². The number of nitrogens with one attached hydrogen (secondary N) is 1. The molecule has 13 heteroatoms. The Bertz CT molecular complexity index is 1520. The average Bonchev–Trinajstić information content (AvgIpc) is 3.34. The fourth-order valence-corrected chi connectivity index (χ4v) is 4.24. The Labute approximate surface area is 233 Å². The van der Waals surface area contributed by atoms with Gasteiger partial charge in [0, 0.05) is 24.2 Å². The molecule has 0 bridgehead atoms. The zero-order valence-electron chi connectivity index (χ0n) is 22.4. The van der Waals surface area contributed by atoms with Crippen LogP contribution in [-0.2, 0) is 6.54 Å². The van der Waals surface area contributed by atoms with Gasteiger partial charge in [0.05, 0.1) is 45.2 Å². The van der Waals surface area contributed by atoms with Crippen LogP contribution >= 0.6 is 0 Å². The standard InChI is InChI=1S/C28H28F3N5O5/c1-38-22-12-19-20(13-23(22)39-2)32-10-8-21(19)41-18-6-7-25(33-14-18)34-27(37)26-24(40-16-17-4-3-5-17)15-36(35-26)11-9-28(29,30)31/h6-8,10,12-15,17H,3-5,9,11,16H2,1-2H3,(H,33,34,37). The van der Waals surface area contributed by atoms with Crippen molar-refractivity contribution in [2.45, 2.75) is 38.4 Å². The molecule has 1 amide bonds. The molecule has 1 N–H and O–H groups in total. The summed E-state index contributed by atoms with van der Waals surface area (Å²) in [4.78, 5) is 21.6. The van der Waals surface area contributed by atoms with Crippen LogP contribution in [-0.4, -0.2) is 52.7 Å². The summed E-state index contributed by atoms with van der Waals surface area (Å²) in [7, 11) is 3.08. The predicted octanol–water partition coefficient (Wildman–Crippen LogP) is 6.02. The van der Waals surface area contributed by atoms with Gasteiger partial charge in [0.15, 0.2) is 22.9 Å². The molecule has 0 spiro atoms. The molecule has 1 aliphatic carbocycles. The van der Waals surface area contributed by atoms with E-state index in [1.165, 1.54) is 25.6 Å². The third kappa shape index (κ3) is 6.79. The summed E-state index contributed by atoms with van der Waals surface area (Å²) in [5, 5.41) is 7.38. The lowest BCUT2D eigenvalue weighted by atomic mass is 9.86. The van der Waals surface area contributed by atoms with Crippen molar-refractivity contribution in [3.05, 3.63) is 54.6 Å². The van der Waals surface area contributed by atoms with Gasteiger partial charge < -0.3 is 24.3 Å². The number of rotatable bonds is 11. The first kappa shape index (κ1) is 28.0. The number of carbonyl (C=O) groups excluding carboxylic acids is 1. The third-order valence-corrected chi connectivity index (χ3v) is 6.68. The van der Waals surface area contributed by atoms with Crippen molar-refractivity contribution in [2.75, 3.05) is 26.1 Å². The Hall–Kier alpha value is -4.55. The molecule has 4 aromatic rings. The second kappa shape index (κ2) is 11.9. The zero-order chi connectivity index (χ0) is 29.0. The number of nitrogens with zero attached hydrogens (tertiary/aromatic N) is 4. The number of alkyl halides is 3. The molecule has 1 aliphatic rings. The van der Waals surface area contributed by atoms with Gasteiger partial charge in [0.25, 0.3) is 5.91 Å². The van der Waals surface area contributed by atoms with Crippen LogP contribution in [0, 0.1) is 5.92 Å². The Morgan fingerprint density at radius 1 is 1.05 bits per heavy atom. The van der Waals surface area contributed by atoms with Crippen LogP contribution in [0.25, 0.3) is 10.9 Å². The monoisotopic (exact) mass is 571 g/mol. The molecule has 10 nitrogen and oxygen atoms in total. The molecule has 0 radical (unpaired) electrons. The third-order valence-electron chi connectivity index (χ3n) is 6.68. The molecule has 0 atom stereocenters. The highest BCUT2D eigenvalue weighted by atomic mass is 19.4. The lowest BCUT2D eigenvalue weighted by Crippen LogP contribution is -2.20. The number of benzene rings is 1. The number of pyridine rings is 2. The summed E-state index contributed by atoms with van der Waals surface area (Å²) >= 11 is 0. The van der Waals surface area contributed by atoms with E-state index in [9.17, 15) is 18.0 Å². The number of fused-ring (bicyclic) bond motifs is 1. The van der Waals surface area contributed by atoms with Gasteiger partial charge in [-0.3, -0.25) is 14.5 Å². The number of carbonyl (C=O) groups is 1. The summed E-state index contributed by atoms with van der Waals surface area (Å²) < 4.78 is 61.8. The highest BCUT2D eigenvalue weighted by Crippen LogP contribution is 2.37. The summed E-state index contributed by atoms with van der Waals surface area (Å²) in [5.74, 6) is 2.00. The Morgan fingerprint density at radius 3 is 2.49 bits per heavy atom. The van der Waals surface area contributed by atoms with Gasteiger partial charge in [-0.2, -0.15) is 18.3 Å². The van der Waals surface area contributed by atoms with E-state index in [1.807, 2.05) is 0 Å². The van der Waals surface area contributed by atoms with Crippen molar-refractivity contribution in [1.29, 1.82) is 0 Å². The second-order valence-electron chi connectivity index (χ2n) is 9.55. The van der Waals surface area contributed by atoms with Gasteiger partial charge in [0.2, 0.25) is 0 Å². The lowest BCUT2D eigenvalue weighted by Gasteiger charge is -2.24. The molecule has 3 heterocycles. The summed E-state index contributed by atoms with van der Waals surface area (Å²) in [6.45, 7) is -0.0545. The maximum atomic E-state index is 13.0. The van der Waals surface area contributed by atoms with Crippen LogP contribution in [0.2, 0.25) is 0 Å². The van der Waals surface area contributed by atoms with Gasteiger partial charge in [-0.25, -0.2) is 4.98 Å². The van der Waals surface area contributed by atoms with Crippen molar-refractivity contribution in [3.63, 3.8) is 0 Å². The Balaban J connectivity index is 1.29. The Morgan fingerprint density at radius 2 is 1.83 bits per heavy atom. The number of aromatic nitrogens is 4. The van der Waals surface area contributed by atoms with Crippen LogP contribution < -0.4 is 24.3 Å². The summed E-state index contributed by atoms with van der Waals surface area (Å²) in [6, 6.07) is 8.36. The van der Waals surface area contributed by atoms with Gasteiger partial charge in [-0.1, -0.05) is 6.42 Å². The van der Waals surface area contributed by atoms with E-state index in [1.54, 1.807) is 37.6 Å². The number of anilines is 1. The average molecular weight is 572 g/mol. The first-order valence-electron chi connectivity index (χ1n) is 13.0. The van der Waals surface area contributed by atoms with Crippen LogP contribution in [0.15, 0.2) is 48.9 Å². The normalized spacial score (nSPS) is 13.5. The molecule has 5 rings (SSSR count). The van der Waals surface area contributed by atoms with E-state index in [2.05, 4.69) is 20.4 Å². The van der Waals surface area contributed by atoms with E-state index in [-0.39, 0.29) is 17.3 Å². The molecule has 0 saturated heterocycles. The minimum Gasteiger partial charge on any atom is -0.493 e. The molecule has 1 aromatic carbocycles. The lowest BCUT2D eigenvalue weighted by molar-refractivity contribution is -0.137. The van der Waals surface area contributed by atoms with Crippen molar-refractivity contribution in [3.8, 4) is 28.7 Å². The predicted molar refractivity (Wildman–Crippen MR) is 143 cm³/mol. The van der Waals surface area contributed by atoms with Crippen LogP contribution in [0.5, 0.6) is 28.7 Å². The largest absolute Gasteiger partial charge is 0.493 e. The minimum absolute atomic E-state index is 0.110. The Kier molecular flexibility index (Phi) is 8.13. The van der Waals surface area contributed by atoms with Crippen LogP contribution in [0.4, 0.5) is 19.0 Å². The molecule has 0 unspecified atom stereocenters. The second-order valence-corrected chi connectivity index (χ2v) is 9.55. The van der Waals surface area contributed by atoms with Crippen LogP contribution in [0.3, 0.4) is 0 Å². The van der Waals surface area contributed by atoms with Gasteiger partial charge in [-0.05, 0) is 43.0 Å². The number of methoxy groups -OCH3 is 2. The fraction of sp³-hybridized carbons (Fsp3) is 0.357. The first-order valence-corrected chi connectivity index (χ1v) is 13.0. The van der Waals surface area contributed by atoms with Crippen molar-refractivity contribution < 1.29 is 36.9 Å². The zero-order valence-corrected chi connectivity index (χ0v) is 22.4. The van der Waals surface area contributed by atoms with Gasteiger partial charge in [-0.15, -0.1) is 0 Å². The molecule has 0 aliphatic heterocycles.